The first-order valence-corrected chi connectivity index (χ1v) is 11.7. The summed E-state index contributed by atoms with van der Waals surface area (Å²) in [6.45, 7) is 0. The molecule has 0 bridgehead atoms. The van der Waals surface area contributed by atoms with Crippen LogP contribution < -0.4 is 5.43 Å². The van der Waals surface area contributed by atoms with Crippen LogP contribution in [0.3, 0.4) is 0 Å². The third-order valence-electron chi connectivity index (χ3n) is 5.92. The van der Waals surface area contributed by atoms with Gasteiger partial charge in [0.05, 0.1) is 37.7 Å². The number of pyridine rings is 2. The minimum absolute atomic E-state index is 0.0997. The molecule has 0 radical (unpaired) electrons. The lowest BCUT2D eigenvalue weighted by molar-refractivity contribution is 0.0688. The molecule has 0 saturated heterocycles. The zero-order chi connectivity index (χ0) is 26.3. The maximum Gasteiger partial charge on any atom is 0.337 e. The molecule has 0 aliphatic carbocycles. The molecule has 0 aliphatic heterocycles. The van der Waals surface area contributed by atoms with Crippen LogP contribution in [-0.2, 0) is 0 Å². The standard InChI is InChI=1S/C14H7Cl2NO2.C14H9NO3/c15-9-6-5-8(14(18)19)11-12(16)7-3-1-2-4-10(7)17-13(9)11;16-13-8-4-1-2-7-11(8)15-12-9(13)5-3-6-10(12)14(17)18/h1-6H,(H,18,19);1-7H,(H,15,16)(H,17,18). The Morgan fingerprint density at radius 2 is 1.38 bits per heavy atom. The van der Waals surface area contributed by atoms with Gasteiger partial charge in [-0.25, -0.2) is 14.6 Å². The number of aromatic carboxylic acids is 2. The highest BCUT2D eigenvalue weighted by Crippen LogP contribution is 2.35. The van der Waals surface area contributed by atoms with Crippen LogP contribution in [0.4, 0.5) is 0 Å². The van der Waals surface area contributed by atoms with Gasteiger partial charge < -0.3 is 15.2 Å². The van der Waals surface area contributed by atoms with Crippen molar-refractivity contribution in [1.29, 1.82) is 0 Å². The number of rotatable bonds is 2. The molecule has 0 fully saturated rings. The summed E-state index contributed by atoms with van der Waals surface area (Å²) in [6, 6.07) is 22.0. The van der Waals surface area contributed by atoms with Gasteiger partial charge in [-0.15, -0.1) is 0 Å². The number of hydrogen-bond acceptors (Lipinski definition) is 4. The molecule has 9 heteroatoms. The Hall–Kier alpha value is -4.46. The van der Waals surface area contributed by atoms with Gasteiger partial charge in [0.2, 0.25) is 0 Å². The Morgan fingerprint density at radius 1 is 0.730 bits per heavy atom. The van der Waals surface area contributed by atoms with E-state index in [4.69, 9.17) is 28.3 Å². The summed E-state index contributed by atoms with van der Waals surface area (Å²) in [4.78, 5) is 42.1. The van der Waals surface area contributed by atoms with Gasteiger partial charge in [-0.3, -0.25) is 4.79 Å². The Balaban J connectivity index is 0.000000152. The number of benzene rings is 4. The van der Waals surface area contributed by atoms with Crippen LogP contribution in [0.15, 0.2) is 83.7 Å². The molecule has 2 aromatic heterocycles. The lowest BCUT2D eigenvalue weighted by Gasteiger charge is -2.09. The third kappa shape index (κ3) is 4.24. The average molecular weight is 531 g/mol. The summed E-state index contributed by atoms with van der Waals surface area (Å²) in [5.41, 5.74) is 2.16. The van der Waals surface area contributed by atoms with Crippen molar-refractivity contribution >= 4 is 78.8 Å². The number of carboxylic acids is 2. The van der Waals surface area contributed by atoms with Crippen LogP contribution in [-0.4, -0.2) is 32.1 Å². The fourth-order valence-electron chi connectivity index (χ4n) is 4.21. The second-order valence-corrected chi connectivity index (χ2v) is 8.88. The molecule has 0 unspecified atom stereocenters. The largest absolute Gasteiger partial charge is 0.478 e. The number of hydrogen-bond donors (Lipinski definition) is 3. The Labute approximate surface area is 218 Å². The van der Waals surface area contributed by atoms with Crippen LogP contribution in [0, 0.1) is 0 Å². The number of aromatic amines is 1. The molecule has 0 atom stereocenters. The first-order chi connectivity index (χ1) is 17.8. The first kappa shape index (κ1) is 24.2. The van der Waals surface area contributed by atoms with Gasteiger partial charge in [-0.1, -0.05) is 59.6 Å². The molecule has 2 heterocycles. The fraction of sp³-hybridized carbons (Fsp3) is 0. The Kier molecular flexibility index (Phi) is 6.25. The van der Waals surface area contributed by atoms with E-state index < -0.39 is 11.9 Å². The van der Waals surface area contributed by atoms with Crippen molar-refractivity contribution in [3.63, 3.8) is 0 Å². The minimum Gasteiger partial charge on any atom is -0.478 e. The zero-order valence-electron chi connectivity index (χ0n) is 18.8. The highest BCUT2D eigenvalue weighted by Gasteiger charge is 2.17. The molecule has 0 spiro atoms. The van der Waals surface area contributed by atoms with Crippen molar-refractivity contribution < 1.29 is 19.8 Å². The van der Waals surface area contributed by atoms with E-state index in [1.54, 1.807) is 42.5 Å². The van der Waals surface area contributed by atoms with Gasteiger partial charge in [0.1, 0.15) is 0 Å². The lowest BCUT2D eigenvalue weighted by Crippen LogP contribution is -2.07. The molecule has 4 aromatic carbocycles. The average Bonchev–Trinajstić information content (AvgIpc) is 2.89. The molecular weight excluding hydrogens is 515 g/mol. The minimum atomic E-state index is -1.05. The highest BCUT2D eigenvalue weighted by molar-refractivity contribution is 6.43. The zero-order valence-corrected chi connectivity index (χ0v) is 20.3. The van der Waals surface area contributed by atoms with E-state index in [-0.39, 0.29) is 16.6 Å². The van der Waals surface area contributed by atoms with Crippen LogP contribution >= 0.6 is 23.2 Å². The molecule has 37 heavy (non-hydrogen) atoms. The Morgan fingerprint density at radius 3 is 2.11 bits per heavy atom. The number of carbonyl (C=O) groups is 2. The number of nitrogens with one attached hydrogen (secondary N) is 1. The number of para-hydroxylation sites is 3. The SMILES string of the molecule is O=C(O)c1ccc(Cl)c2nc3ccccc3c(Cl)c12.O=C(O)c1cccc2c(=O)c3ccccc3[nH]c12. The number of aromatic nitrogens is 2. The van der Waals surface area contributed by atoms with Gasteiger partial charge in [0, 0.05) is 27.1 Å². The van der Waals surface area contributed by atoms with Crippen molar-refractivity contribution in [2.45, 2.75) is 0 Å². The topological polar surface area (TPSA) is 120 Å². The smallest absolute Gasteiger partial charge is 0.337 e. The van der Waals surface area contributed by atoms with E-state index in [1.165, 1.54) is 18.2 Å². The van der Waals surface area contributed by atoms with Crippen LogP contribution in [0.5, 0.6) is 0 Å². The molecule has 182 valence electrons. The second kappa shape index (κ2) is 9.54. The summed E-state index contributed by atoms with van der Waals surface area (Å²) >= 11 is 12.4. The maximum absolute atomic E-state index is 12.2. The van der Waals surface area contributed by atoms with Gasteiger partial charge in [0.25, 0.3) is 0 Å². The first-order valence-electron chi connectivity index (χ1n) is 10.9. The summed E-state index contributed by atoms with van der Waals surface area (Å²) in [7, 11) is 0. The van der Waals surface area contributed by atoms with E-state index in [9.17, 15) is 19.5 Å². The van der Waals surface area contributed by atoms with E-state index in [1.807, 2.05) is 18.2 Å². The molecule has 6 aromatic rings. The molecular formula is C28H16Cl2N2O5. The second-order valence-electron chi connectivity index (χ2n) is 8.10. The summed E-state index contributed by atoms with van der Waals surface area (Å²) in [5.74, 6) is -2.10. The van der Waals surface area contributed by atoms with Crippen LogP contribution in [0.25, 0.3) is 43.6 Å². The monoisotopic (exact) mass is 530 g/mol. The summed E-state index contributed by atoms with van der Waals surface area (Å²) in [5, 5.41) is 21.2. The van der Waals surface area contributed by atoms with Gasteiger partial charge in [0.15, 0.2) is 5.43 Å². The van der Waals surface area contributed by atoms with Gasteiger partial charge in [-0.2, -0.15) is 0 Å². The molecule has 7 nitrogen and oxygen atoms in total. The van der Waals surface area contributed by atoms with Gasteiger partial charge >= 0.3 is 11.9 Å². The number of H-pyrrole nitrogens is 1. The summed E-state index contributed by atoms with van der Waals surface area (Å²) < 4.78 is 0. The number of fused-ring (bicyclic) bond motifs is 4. The van der Waals surface area contributed by atoms with E-state index in [0.717, 1.165) is 0 Å². The van der Waals surface area contributed by atoms with Crippen molar-refractivity contribution in [3.05, 3.63) is 110 Å². The van der Waals surface area contributed by atoms with Crippen molar-refractivity contribution in [3.8, 4) is 0 Å². The van der Waals surface area contributed by atoms with E-state index in [2.05, 4.69) is 9.97 Å². The predicted molar refractivity (Wildman–Crippen MR) is 145 cm³/mol. The molecule has 0 amide bonds. The number of carboxylic acid groups (broad SMARTS) is 2. The molecule has 6 rings (SSSR count). The quantitative estimate of drug-likeness (QED) is 0.212. The fourth-order valence-corrected chi connectivity index (χ4v) is 4.76. The van der Waals surface area contributed by atoms with Crippen LogP contribution in [0.2, 0.25) is 10.0 Å². The van der Waals surface area contributed by atoms with Gasteiger partial charge in [-0.05, 0) is 42.5 Å². The molecule has 3 N–H and O–H groups in total. The molecule has 0 saturated carbocycles. The van der Waals surface area contributed by atoms with E-state index in [0.29, 0.717) is 53.7 Å². The highest BCUT2D eigenvalue weighted by atomic mass is 35.5. The van der Waals surface area contributed by atoms with E-state index >= 15 is 0 Å². The lowest BCUT2D eigenvalue weighted by atomic mass is 10.1. The predicted octanol–water partition coefficient (Wildman–Crippen LogP) is 6.77. The van der Waals surface area contributed by atoms with Crippen molar-refractivity contribution in [2.75, 3.05) is 0 Å². The number of halogens is 2. The maximum atomic E-state index is 12.2. The summed E-state index contributed by atoms with van der Waals surface area (Å²) in [6.07, 6.45) is 0. The van der Waals surface area contributed by atoms with Crippen LogP contribution in [0.1, 0.15) is 20.7 Å². The third-order valence-corrected chi connectivity index (χ3v) is 6.62. The van der Waals surface area contributed by atoms with Crippen molar-refractivity contribution in [2.24, 2.45) is 0 Å². The van der Waals surface area contributed by atoms with Crippen molar-refractivity contribution in [1.82, 2.24) is 9.97 Å². The Bertz CT molecular complexity index is 1950. The number of nitrogens with zero attached hydrogens (tertiary/aromatic N) is 1. The normalized spacial score (nSPS) is 11.0. The molecule has 0 aliphatic rings.